The zero-order chi connectivity index (χ0) is 21.5. The molecule has 156 valence electrons. The van der Waals surface area contributed by atoms with Crippen LogP contribution in [0.1, 0.15) is 35.4 Å². The third-order valence-corrected chi connectivity index (χ3v) is 4.66. The quantitative estimate of drug-likeness (QED) is 0.616. The van der Waals surface area contributed by atoms with E-state index in [1.807, 2.05) is 55.5 Å². The first kappa shape index (κ1) is 21.1. The molecular formula is C23H25N3O4. The Kier molecular flexibility index (Phi) is 6.85. The fourth-order valence-electron chi connectivity index (χ4n) is 2.92. The van der Waals surface area contributed by atoms with Crippen LogP contribution in [0.4, 0.5) is 0 Å². The van der Waals surface area contributed by atoms with Crippen molar-refractivity contribution in [1.82, 2.24) is 15.4 Å². The Hall–Kier alpha value is -3.61. The van der Waals surface area contributed by atoms with Crippen LogP contribution >= 0.6 is 0 Å². The molecule has 0 fully saturated rings. The standard InChI is InChI=1S/C23H25N3O4/c1-4-18(17-12-8-9-13-20(17)29-15-22(27)26(2)3)24-23(28)19-14-21(30-25-19)16-10-6-5-7-11-16/h5-14,18H,4,15H2,1-3H3,(H,24,28). The van der Waals surface area contributed by atoms with E-state index in [4.69, 9.17) is 9.26 Å². The second-order valence-electron chi connectivity index (χ2n) is 6.99. The summed E-state index contributed by atoms with van der Waals surface area (Å²) in [6.45, 7) is 1.89. The monoisotopic (exact) mass is 407 g/mol. The summed E-state index contributed by atoms with van der Waals surface area (Å²) in [7, 11) is 3.35. The lowest BCUT2D eigenvalue weighted by atomic mass is 10.0. The average Bonchev–Trinajstić information content (AvgIpc) is 3.27. The van der Waals surface area contributed by atoms with Crippen LogP contribution < -0.4 is 10.1 Å². The van der Waals surface area contributed by atoms with Gasteiger partial charge in [0.05, 0.1) is 6.04 Å². The summed E-state index contributed by atoms with van der Waals surface area (Å²) in [5, 5.41) is 6.88. The van der Waals surface area contributed by atoms with E-state index in [2.05, 4.69) is 10.5 Å². The fraction of sp³-hybridized carbons (Fsp3) is 0.261. The lowest BCUT2D eigenvalue weighted by molar-refractivity contribution is -0.130. The number of ether oxygens (including phenoxy) is 1. The molecule has 1 heterocycles. The van der Waals surface area contributed by atoms with E-state index in [0.29, 0.717) is 17.9 Å². The first-order valence-electron chi connectivity index (χ1n) is 9.74. The summed E-state index contributed by atoms with van der Waals surface area (Å²) in [6, 6.07) is 18.1. The molecule has 0 aliphatic heterocycles. The van der Waals surface area contributed by atoms with Gasteiger partial charge in [-0.3, -0.25) is 9.59 Å². The summed E-state index contributed by atoms with van der Waals surface area (Å²) < 4.78 is 11.0. The molecule has 3 aromatic rings. The molecule has 30 heavy (non-hydrogen) atoms. The molecule has 0 radical (unpaired) electrons. The lowest BCUT2D eigenvalue weighted by Gasteiger charge is -2.20. The molecule has 2 amide bonds. The first-order valence-corrected chi connectivity index (χ1v) is 9.74. The number of nitrogens with zero attached hydrogens (tertiary/aromatic N) is 2. The number of amides is 2. The summed E-state index contributed by atoms with van der Waals surface area (Å²) >= 11 is 0. The van der Waals surface area contributed by atoms with Crippen LogP contribution in [0.3, 0.4) is 0 Å². The molecule has 1 aromatic heterocycles. The number of benzene rings is 2. The van der Waals surface area contributed by atoms with Crippen molar-refractivity contribution in [1.29, 1.82) is 0 Å². The highest BCUT2D eigenvalue weighted by Gasteiger charge is 2.21. The average molecular weight is 407 g/mol. The van der Waals surface area contributed by atoms with Gasteiger partial charge in [-0.2, -0.15) is 0 Å². The van der Waals surface area contributed by atoms with Crippen LogP contribution in [0.25, 0.3) is 11.3 Å². The third kappa shape index (κ3) is 5.05. The first-order chi connectivity index (χ1) is 14.5. The van der Waals surface area contributed by atoms with Gasteiger partial charge in [-0.15, -0.1) is 0 Å². The van der Waals surface area contributed by atoms with Crippen molar-refractivity contribution in [3.05, 3.63) is 71.9 Å². The third-order valence-electron chi connectivity index (χ3n) is 4.66. The largest absolute Gasteiger partial charge is 0.483 e. The zero-order valence-electron chi connectivity index (χ0n) is 17.3. The maximum absolute atomic E-state index is 12.8. The van der Waals surface area contributed by atoms with E-state index >= 15 is 0 Å². The number of aromatic nitrogens is 1. The van der Waals surface area contributed by atoms with Gasteiger partial charge in [-0.1, -0.05) is 60.6 Å². The summed E-state index contributed by atoms with van der Waals surface area (Å²) in [4.78, 5) is 26.1. The van der Waals surface area contributed by atoms with Crippen molar-refractivity contribution >= 4 is 11.8 Å². The maximum Gasteiger partial charge on any atom is 0.273 e. The topological polar surface area (TPSA) is 84.7 Å². The van der Waals surface area contributed by atoms with E-state index in [-0.39, 0.29) is 30.2 Å². The van der Waals surface area contributed by atoms with Crippen LogP contribution in [0.15, 0.2) is 65.2 Å². The van der Waals surface area contributed by atoms with Crippen molar-refractivity contribution in [2.45, 2.75) is 19.4 Å². The van der Waals surface area contributed by atoms with Gasteiger partial charge in [0.1, 0.15) is 5.75 Å². The van der Waals surface area contributed by atoms with E-state index in [0.717, 1.165) is 11.1 Å². The van der Waals surface area contributed by atoms with Gasteiger partial charge in [-0.25, -0.2) is 0 Å². The van der Waals surface area contributed by atoms with Crippen molar-refractivity contribution in [3.8, 4) is 17.1 Å². The molecule has 7 nitrogen and oxygen atoms in total. The number of para-hydroxylation sites is 1. The maximum atomic E-state index is 12.8. The number of carbonyl (C=O) groups excluding carboxylic acids is 2. The second-order valence-corrected chi connectivity index (χ2v) is 6.99. The Morgan fingerprint density at radius 3 is 2.50 bits per heavy atom. The van der Waals surface area contributed by atoms with Gasteiger partial charge < -0.3 is 19.5 Å². The van der Waals surface area contributed by atoms with Crippen molar-refractivity contribution in [2.75, 3.05) is 20.7 Å². The molecule has 1 unspecified atom stereocenters. The number of nitrogens with one attached hydrogen (secondary N) is 1. The van der Waals surface area contributed by atoms with Gasteiger partial charge in [0.2, 0.25) is 0 Å². The zero-order valence-corrected chi connectivity index (χ0v) is 17.3. The van der Waals surface area contributed by atoms with Crippen molar-refractivity contribution < 1.29 is 18.8 Å². The predicted molar refractivity (Wildman–Crippen MR) is 113 cm³/mol. The molecule has 0 spiro atoms. The highest BCUT2D eigenvalue weighted by Crippen LogP contribution is 2.28. The van der Waals surface area contributed by atoms with Gasteiger partial charge in [0.25, 0.3) is 11.8 Å². The number of hydrogen-bond acceptors (Lipinski definition) is 5. The molecule has 0 aliphatic rings. The molecule has 1 N–H and O–H groups in total. The van der Waals surface area contributed by atoms with E-state index in [9.17, 15) is 9.59 Å². The van der Waals surface area contributed by atoms with E-state index < -0.39 is 0 Å². The fourth-order valence-corrected chi connectivity index (χ4v) is 2.92. The van der Waals surface area contributed by atoms with Gasteiger partial charge in [-0.05, 0) is 12.5 Å². The Labute approximate surface area is 175 Å². The highest BCUT2D eigenvalue weighted by atomic mass is 16.5. The van der Waals surface area contributed by atoms with Crippen molar-refractivity contribution in [2.24, 2.45) is 0 Å². The Morgan fingerprint density at radius 1 is 1.10 bits per heavy atom. The van der Waals surface area contributed by atoms with Gasteiger partial charge in [0.15, 0.2) is 18.1 Å². The summed E-state index contributed by atoms with van der Waals surface area (Å²) in [5.41, 5.74) is 1.85. The summed E-state index contributed by atoms with van der Waals surface area (Å²) in [6.07, 6.45) is 0.636. The minimum absolute atomic E-state index is 0.0713. The molecule has 0 saturated carbocycles. The highest BCUT2D eigenvalue weighted by molar-refractivity contribution is 5.93. The van der Waals surface area contributed by atoms with E-state index in [1.54, 1.807) is 26.2 Å². The molecule has 7 heteroatoms. The molecule has 2 aromatic carbocycles. The molecule has 3 rings (SSSR count). The second kappa shape index (κ2) is 9.73. The van der Waals surface area contributed by atoms with E-state index in [1.165, 1.54) is 4.90 Å². The summed E-state index contributed by atoms with van der Waals surface area (Å²) in [5.74, 6) is 0.606. The smallest absolute Gasteiger partial charge is 0.273 e. The normalized spacial score (nSPS) is 11.6. The lowest BCUT2D eigenvalue weighted by Crippen LogP contribution is -2.30. The predicted octanol–water partition coefficient (Wildman–Crippen LogP) is 3.69. The minimum atomic E-state index is -0.341. The van der Waals surface area contributed by atoms with Crippen LogP contribution in [-0.2, 0) is 4.79 Å². The number of likely N-dealkylation sites (N-methyl/N-ethyl adjacent to an activating group) is 1. The molecule has 0 bridgehead atoms. The molecule has 0 saturated heterocycles. The van der Waals surface area contributed by atoms with Gasteiger partial charge in [0, 0.05) is 31.3 Å². The molecule has 1 atom stereocenters. The Balaban J connectivity index is 1.73. The SMILES string of the molecule is CCC(NC(=O)c1cc(-c2ccccc2)on1)c1ccccc1OCC(=O)N(C)C. The molecule has 0 aliphatic carbocycles. The Bertz CT molecular complexity index is 998. The van der Waals surface area contributed by atoms with Crippen LogP contribution in [0.5, 0.6) is 5.75 Å². The number of carbonyl (C=O) groups is 2. The Morgan fingerprint density at radius 2 is 1.80 bits per heavy atom. The van der Waals surface area contributed by atoms with Crippen LogP contribution in [-0.4, -0.2) is 42.6 Å². The van der Waals surface area contributed by atoms with Gasteiger partial charge >= 0.3 is 0 Å². The molecular weight excluding hydrogens is 382 g/mol. The van der Waals surface area contributed by atoms with Crippen LogP contribution in [0.2, 0.25) is 0 Å². The number of rotatable bonds is 8. The van der Waals surface area contributed by atoms with Crippen LogP contribution in [0, 0.1) is 0 Å². The van der Waals surface area contributed by atoms with Crippen molar-refractivity contribution in [3.63, 3.8) is 0 Å². The minimum Gasteiger partial charge on any atom is -0.483 e. The number of hydrogen-bond donors (Lipinski definition) is 1.